The third kappa shape index (κ3) is 4.63. The summed E-state index contributed by atoms with van der Waals surface area (Å²) in [6, 6.07) is 15.9. The van der Waals surface area contributed by atoms with Crippen LogP contribution in [0.25, 0.3) is 22.9 Å². The first kappa shape index (κ1) is 19.6. The molecule has 0 aliphatic carbocycles. The number of rotatable bonds is 4. The third-order valence-electron chi connectivity index (χ3n) is 4.97. The van der Waals surface area contributed by atoms with Gasteiger partial charge < -0.3 is 14.6 Å². The molecule has 3 aromatic rings. The Balaban J connectivity index is 1.62. The monoisotopic (exact) mass is 396 g/mol. The maximum absolute atomic E-state index is 14.5. The molecule has 0 bridgehead atoms. The van der Waals surface area contributed by atoms with Gasteiger partial charge in [0, 0.05) is 18.1 Å². The summed E-state index contributed by atoms with van der Waals surface area (Å²) in [5.41, 5.74) is 1.17. The van der Waals surface area contributed by atoms with Crippen molar-refractivity contribution in [3.63, 3.8) is 0 Å². The molecule has 3 atom stereocenters. The highest BCUT2D eigenvalue weighted by atomic mass is 19.1. The maximum atomic E-state index is 14.5. The predicted molar refractivity (Wildman–Crippen MR) is 109 cm³/mol. The topological polar surface area (TPSA) is 38.7 Å². The molecule has 3 nitrogen and oxygen atoms in total. The molecule has 150 valence electrons. The molecule has 4 rings (SSSR count). The summed E-state index contributed by atoms with van der Waals surface area (Å²) >= 11 is 0. The van der Waals surface area contributed by atoms with E-state index in [9.17, 15) is 13.9 Å². The van der Waals surface area contributed by atoms with Crippen LogP contribution in [0.5, 0.6) is 5.75 Å². The Morgan fingerprint density at radius 3 is 2.59 bits per heavy atom. The Labute approximate surface area is 168 Å². The van der Waals surface area contributed by atoms with Crippen LogP contribution in [0, 0.1) is 11.6 Å². The summed E-state index contributed by atoms with van der Waals surface area (Å²) in [7, 11) is 0. The van der Waals surface area contributed by atoms with Crippen LogP contribution in [-0.4, -0.2) is 23.6 Å². The number of benzene rings is 3. The number of aliphatic hydroxyl groups excluding tert-OH is 1. The minimum atomic E-state index is -0.806. The van der Waals surface area contributed by atoms with Crippen LogP contribution in [0.4, 0.5) is 8.78 Å². The first-order valence-corrected chi connectivity index (χ1v) is 9.64. The van der Waals surface area contributed by atoms with Crippen LogP contribution < -0.4 is 4.74 Å². The lowest BCUT2D eigenvalue weighted by Crippen LogP contribution is -2.37. The number of halogens is 2. The molecular formula is C24H22F2O3. The first-order chi connectivity index (χ1) is 14.0. The zero-order chi connectivity index (χ0) is 20.4. The first-order valence-electron chi connectivity index (χ1n) is 9.64. The smallest absolute Gasteiger partial charge is 0.202 e. The fraction of sp³-hybridized carbons (Fsp3) is 0.250. The average molecular weight is 396 g/mol. The molecular weight excluding hydrogens is 374 g/mol. The minimum Gasteiger partial charge on any atom is -0.461 e. The van der Waals surface area contributed by atoms with Gasteiger partial charge in [-0.05, 0) is 41.8 Å². The van der Waals surface area contributed by atoms with Gasteiger partial charge in [-0.1, -0.05) is 48.6 Å². The van der Waals surface area contributed by atoms with Crippen LogP contribution in [-0.2, 0) is 4.74 Å². The van der Waals surface area contributed by atoms with Gasteiger partial charge in [0.25, 0.3) is 0 Å². The van der Waals surface area contributed by atoms with E-state index in [0.29, 0.717) is 6.42 Å². The Bertz CT molecular complexity index is 1040. The van der Waals surface area contributed by atoms with Gasteiger partial charge in [0.15, 0.2) is 11.6 Å². The Morgan fingerprint density at radius 2 is 1.79 bits per heavy atom. The molecule has 1 heterocycles. The average Bonchev–Trinajstić information content (AvgIpc) is 2.68. The SMILES string of the molecule is CC1CC(O)CC(Oc2c(F)cc(F)cc2/C=C/c2ccc3ccccc3c2)O1. The molecule has 1 N–H and O–H groups in total. The zero-order valence-corrected chi connectivity index (χ0v) is 16.0. The molecule has 1 aliphatic heterocycles. The molecule has 3 aromatic carbocycles. The molecule has 1 fully saturated rings. The summed E-state index contributed by atoms with van der Waals surface area (Å²) in [5.74, 6) is -1.58. The van der Waals surface area contributed by atoms with E-state index in [4.69, 9.17) is 9.47 Å². The van der Waals surface area contributed by atoms with Crippen LogP contribution in [0.2, 0.25) is 0 Å². The van der Waals surface area contributed by atoms with Crippen molar-refractivity contribution in [2.24, 2.45) is 0 Å². The Hall–Kier alpha value is -2.76. The lowest BCUT2D eigenvalue weighted by atomic mass is 10.1. The van der Waals surface area contributed by atoms with E-state index in [1.54, 1.807) is 12.2 Å². The molecule has 29 heavy (non-hydrogen) atoms. The Kier molecular flexibility index (Phi) is 5.60. The van der Waals surface area contributed by atoms with E-state index in [1.165, 1.54) is 6.07 Å². The van der Waals surface area contributed by atoms with E-state index in [0.717, 1.165) is 22.4 Å². The lowest BCUT2D eigenvalue weighted by Gasteiger charge is -2.31. The highest BCUT2D eigenvalue weighted by Gasteiger charge is 2.28. The Morgan fingerprint density at radius 1 is 1.00 bits per heavy atom. The molecule has 0 spiro atoms. The van der Waals surface area contributed by atoms with E-state index >= 15 is 0 Å². The quantitative estimate of drug-likeness (QED) is 0.588. The van der Waals surface area contributed by atoms with Crippen molar-refractivity contribution in [1.82, 2.24) is 0 Å². The molecule has 0 amide bonds. The van der Waals surface area contributed by atoms with Gasteiger partial charge in [-0.25, -0.2) is 8.78 Å². The molecule has 5 heteroatoms. The third-order valence-corrected chi connectivity index (χ3v) is 4.97. The summed E-state index contributed by atoms with van der Waals surface area (Å²) in [5, 5.41) is 12.1. The second-order valence-electron chi connectivity index (χ2n) is 7.37. The van der Waals surface area contributed by atoms with Crippen LogP contribution in [0.3, 0.4) is 0 Å². The van der Waals surface area contributed by atoms with Gasteiger partial charge >= 0.3 is 0 Å². The molecule has 0 aromatic heterocycles. The van der Waals surface area contributed by atoms with Crippen LogP contribution in [0.15, 0.2) is 54.6 Å². The van der Waals surface area contributed by atoms with E-state index in [2.05, 4.69) is 0 Å². The standard InChI is InChI=1S/C24H22F2O3/c1-15-10-21(27)14-23(28-15)29-24-19(12-20(25)13-22(24)26)9-7-16-6-8-17-4-2-3-5-18(17)11-16/h2-9,11-13,15,21,23,27H,10,14H2,1H3/b9-7+. The lowest BCUT2D eigenvalue weighted by molar-refractivity contribution is -0.170. The normalized spacial score (nSPS) is 22.3. The summed E-state index contributed by atoms with van der Waals surface area (Å²) in [6.07, 6.45) is 2.56. The highest BCUT2D eigenvalue weighted by Crippen LogP contribution is 2.30. The van der Waals surface area contributed by atoms with Crippen molar-refractivity contribution in [2.45, 2.75) is 38.3 Å². The van der Waals surface area contributed by atoms with Crippen molar-refractivity contribution in [3.05, 3.63) is 77.4 Å². The van der Waals surface area contributed by atoms with Crippen molar-refractivity contribution in [2.75, 3.05) is 0 Å². The van der Waals surface area contributed by atoms with Crippen LogP contribution in [0.1, 0.15) is 30.9 Å². The highest BCUT2D eigenvalue weighted by molar-refractivity contribution is 5.86. The summed E-state index contributed by atoms with van der Waals surface area (Å²) in [6.45, 7) is 1.82. The second kappa shape index (κ2) is 8.31. The fourth-order valence-corrected chi connectivity index (χ4v) is 3.60. The van der Waals surface area contributed by atoms with Gasteiger partial charge in [-0.3, -0.25) is 0 Å². The number of hydrogen-bond acceptors (Lipinski definition) is 3. The number of ether oxygens (including phenoxy) is 2. The molecule has 1 saturated heterocycles. The molecule has 0 saturated carbocycles. The van der Waals surface area contributed by atoms with Crippen molar-refractivity contribution in [1.29, 1.82) is 0 Å². The summed E-state index contributed by atoms with van der Waals surface area (Å²) < 4.78 is 39.7. The summed E-state index contributed by atoms with van der Waals surface area (Å²) in [4.78, 5) is 0. The number of aliphatic hydroxyl groups is 1. The van der Waals surface area contributed by atoms with E-state index in [1.807, 2.05) is 49.4 Å². The maximum Gasteiger partial charge on any atom is 0.202 e. The molecule has 1 aliphatic rings. The minimum absolute atomic E-state index is 0.0882. The van der Waals surface area contributed by atoms with Gasteiger partial charge in [0.2, 0.25) is 6.29 Å². The number of hydrogen-bond donors (Lipinski definition) is 1. The molecule has 3 unspecified atom stereocenters. The van der Waals surface area contributed by atoms with E-state index in [-0.39, 0.29) is 23.8 Å². The molecule has 0 radical (unpaired) electrons. The number of fused-ring (bicyclic) bond motifs is 1. The fourth-order valence-electron chi connectivity index (χ4n) is 3.60. The van der Waals surface area contributed by atoms with Crippen molar-refractivity contribution in [3.8, 4) is 5.75 Å². The van der Waals surface area contributed by atoms with Gasteiger partial charge in [0.05, 0.1) is 12.2 Å². The van der Waals surface area contributed by atoms with Gasteiger partial charge in [0.1, 0.15) is 5.82 Å². The van der Waals surface area contributed by atoms with Gasteiger partial charge in [-0.15, -0.1) is 0 Å². The largest absolute Gasteiger partial charge is 0.461 e. The van der Waals surface area contributed by atoms with E-state index < -0.39 is 24.0 Å². The zero-order valence-electron chi connectivity index (χ0n) is 16.0. The van der Waals surface area contributed by atoms with Crippen molar-refractivity contribution < 1.29 is 23.4 Å². The van der Waals surface area contributed by atoms with Crippen LogP contribution >= 0.6 is 0 Å². The second-order valence-corrected chi connectivity index (χ2v) is 7.37. The van der Waals surface area contributed by atoms with Gasteiger partial charge in [-0.2, -0.15) is 0 Å². The predicted octanol–water partition coefficient (Wildman–Crippen LogP) is 5.55. The van der Waals surface area contributed by atoms with Crippen molar-refractivity contribution >= 4 is 22.9 Å².